The highest BCUT2D eigenvalue weighted by Gasteiger charge is 2.23. The van der Waals surface area contributed by atoms with Crippen LogP contribution in [0.4, 0.5) is 4.39 Å². The van der Waals surface area contributed by atoms with E-state index in [4.69, 9.17) is 0 Å². The van der Waals surface area contributed by atoms with Gasteiger partial charge in [-0.05, 0) is 50.8 Å². The van der Waals surface area contributed by atoms with Crippen molar-refractivity contribution in [3.05, 3.63) is 35.4 Å². The minimum atomic E-state index is -0.791. The van der Waals surface area contributed by atoms with Crippen molar-refractivity contribution in [2.75, 3.05) is 13.1 Å². The molecule has 2 atom stereocenters. The van der Waals surface area contributed by atoms with Crippen LogP contribution in [0.25, 0.3) is 0 Å². The molecule has 0 amide bonds. The lowest BCUT2D eigenvalue weighted by Gasteiger charge is -2.19. The maximum atomic E-state index is 14.3. The van der Waals surface area contributed by atoms with Crippen molar-refractivity contribution in [1.29, 1.82) is 0 Å². The minimum Gasteiger partial charge on any atom is -0.317 e. The Balaban J connectivity index is 2.04. The third-order valence-corrected chi connectivity index (χ3v) is 3.43. The highest BCUT2D eigenvalue weighted by Crippen LogP contribution is 2.32. The van der Waals surface area contributed by atoms with Crippen molar-refractivity contribution in [3.63, 3.8) is 0 Å². The van der Waals surface area contributed by atoms with Crippen molar-refractivity contribution in [3.8, 4) is 0 Å². The lowest BCUT2D eigenvalue weighted by molar-refractivity contribution is 0.215. The van der Waals surface area contributed by atoms with Gasteiger partial charge in [-0.2, -0.15) is 0 Å². The molecule has 88 valence electrons. The summed E-state index contributed by atoms with van der Waals surface area (Å²) in [4.78, 5) is 0. The highest BCUT2D eigenvalue weighted by atomic mass is 19.1. The Hall–Kier alpha value is -0.890. The van der Waals surface area contributed by atoms with Gasteiger partial charge in [-0.25, -0.2) is 4.39 Å². The largest absolute Gasteiger partial charge is 0.317 e. The van der Waals surface area contributed by atoms with Crippen LogP contribution in [0.3, 0.4) is 0 Å². The van der Waals surface area contributed by atoms with Gasteiger partial charge in [0.25, 0.3) is 0 Å². The molecule has 1 N–H and O–H groups in total. The maximum absolute atomic E-state index is 14.3. The van der Waals surface area contributed by atoms with Gasteiger partial charge in [0.2, 0.25) is 0 Å². The number of nitrogens with one attached hydrogen (secondary N) is 1. The molecule has 1 fully saturated rings. The predicted molar refractivity (Wildman–Crippen MR) is 65.2 cm³/mol. The molecule has 2 heteroatoms. The van der Waals surface area contributed by atoms with Crippen LogP contribution in [-0.2, 0) is 0 Å². The Morgan fingerprint density at radius 3 is 2.69 bits per heavy atom. The van der Waals surface area contributed by atoms with E-state index in [2.05, 4.69) is 5.32 Å². The molecule has 1 aromatic rings. The average molecular weight is 221 g/mol. The molecule has 1 heterocycles. The predicted octanol–water partition coefficient (Wildman–Crippen LogP) is 3.40. The van der Waals surface area contributed by atoms with Crippen LogP contribution in [0.2, 0.25) is 0 Å². The second-order valence-electron chi connectivity index (χ2n) is 4.75. The van der Waals surface area contributed by atoms with Crippen molar-refractivity contribution < 1.29 is 4.39 Å². The average Bonchev–Trinajstić information content (AvgIpc) is 2.57. The Labute approximate surface area is 97.1 Å². The smallest absolute Gasteiger partial charge is 0.128 e. The first-order chi connectivity index (χ1) is 7.77. The SMILES string of the molecule is Cc1ccc(C(F)C2CCCNCC2)cc1. The Morgan fingerprint density at radius 2 is 1.94 bits per heavy atom. The molecule has 0 spiro atoms. The van der Waals surface area contributed by atoms with Crippen LogP contribution in [0.15, 0.2) is 24.3 Å². The summed E-state index contributed by atoms with van der Waals surface area (Å²) >= 11 is 0. The molecule has 1 saturated heterocycles. The standard InChI is InChI=1S/C14H20FN/c1-11-4-6-13(7-5-11)14(15)12-3-2-9-16-10-8-12/h4-7,12,14,16H,2-3,8-10H2,1H3. The van der Waals surface area contributed by atoms with Gasteiger partial charge in [-0.1, -0.05) is 29.8 Å². The number of benzene rings is 1. The van der Waals surface area contributed by atoms with Crippen molar-refractivity contribution in [2.24, 2.45) is 5.92 Å². The lowest BCUT2D eigenvalue weighted by atomic mass is 9.90. The van der Waals surface area contributed by atoms with E-state index in [-0.39, 0.29) is 5.92 Å². The van der Waals surface area contributed by atoms with Crippen LogP contribution in [0.5, 0.6) is 0 Å². The molecule has 1 aliphatic rings. The van der Waals surface area contributed by atoms with Gasteiger partial charge in [0.1, 0.15) is 6.17 Å². The molecule has 1 aromatic carbocycles. The number of rotatable bonds is 2. The molecule has 2 rings (SSSR count). The first-order valence-electron chi connectivity index (χ1n) is 6.19. The molecule has 0 saturated carbocycles. The van der Waals surface area contributed by atoms with Gasteiger partial charge in [-0.3, -0.25) is 0 Å². The minimum absolute atomic E-state index is 0.192. The second-order valence-corrected chi connectivity index (χ2v) is 4.75. The van der Waals surface area contributed by atoms with E-state index in [1.807, 2.05) is 31.2 Å². The van der Waals surface area contributed by atoms with Crippen LogP contribution < -0.4 is 5.32 Å². The van der Waals surface area contributed by atoms with E-state index in [1.54, 1.807) is 0 Å². The monoisotopic (exact) mass is 221 g/mol. The molecular formula is C14H20FN. The molecule has 0 bridgehead atoms. The molecule has 0 aromatic heterocycles. The first-order valence-corrected chi connectivity index (χ1v) is 6.19. The molecule has 16 heavy (non-hydrogen) atoms. The van der Waals surface area contributed by atoms with Gasteiger partial charge in [0, 0.05) is 0 Å². The summed E-state index contributed by atoms with van der Waals surface area (Å²) in [7, 11) is 0. The van der Waals surface area contributed by atoms with E-state index < -0.39 is 6.17 Å². The second kappa shape index (κ2) is 5.44. The molecule has 2 unspecified atom stereocenters. The molecule has 0 aliphatic carbocycles. The van der Waals surface area contributed by atoms with Gasteiger partial charge in [0.05, 0.1) is 0 Å². The van der Waals surface area contributed by atoms with Crippen molar-refractivity contribution in [1.82, 2.24) is 5.32 Å². The highest BCUT2D eigenvalue weighted by molar-refractivity contribution is 5.23. The normalized spacial score (nSPS) is 23.8. The van der Waals surface area contributed by atoms with Crippen LogP contribution in [0, 0.1) is 12.8 Å². The lowest BCUT2D eigenvalue weighted by Crippen LogP contribution is -2.15. The fourth-order valence-corrected chi connectivity index (χ4v) is 2.36. The van der Waals surface area contributed by atoms with Crippen LogP contribution >= 0.6 is 0 Å². The Kier molecular flexibility index (Phi) is 3.94. The summed E-state index contributed by atoms with van der Waals surface area (Å²) in [6.45, 7) is 4.03. The summed E-state index contributed by atoms with van der Waals surface area (Å²) in [5.74, 6) is 0.192. The molecular weight excluding hydrogens is 201 g/mol. The maximum Gasteiger partial charge on any atom is 0.128 e. The fraction of sp³-hybridized carbons (Fsp3) is 0.571. The van der Waals surface area contributed by atoms with Gasteiger partial charge in [0.15, 0.2) is 0 Å². The van der Waals surface area contributed by atoms with Crippen molar-refractivity contribution >= 4 is 0 Å². The molecule has 0 radical (unpaired) electrons. The van der Waals surface area contributed by atoms with E-state index >= 15 is 0 Å². The molecule has 1 aliphatic heterocycles. The third-order valence-electron chi connectivity index (χ3n) is 3.43. The van der Waals surface area contributed by atoms with Crippen LogP contribution in [0.1, 0.15) is 36.6 Å². The van der Waals surface area contributed by atoms with Gasteiger partial charge < -0.3 is 5.32 Å². The fourth-order valence-electron chi connectivity index (χ4n) is 2.36. The summed E-state index contributed by atoms with van der Waals surface area (Å²) in [6, 6.07) is 7.85. The number of aryl methyl sites for hydroxylation is 1. The van der Waals surface area contributed by atoms with E-state index in [0.29, 0.717) is 0 Å². The van der Waals surface area contributed by atoms with Gasteiger partial charge >= 0.3 is 0 Å². The van der Waals surface area contributed by atoms with E-state index in [1.165, 1.54) is 5.56 Å². The number of alkyl halides is 1. The zero-order valence-corrected chi connectivity index (χ0v) is 9.88. The van der Waals surface area contributed by atoms with E-state index in [0.717, 1.165) is 37.9 Å². The summed E-state index contributed by atoms with van der Waals surface area (Å²) in [5, 5.41) is 3.33. The number of hydrogen-bond acceptors (Lipinski definition) is 1. The zero-order chi connectivity index (χ0) is 11.4. The third kappa shape index (κ3) is 2.82. The zero-order valence-electron chi connectivity index (χ0n) is 9.88. The Bertz CT molecular complexity index is 312. The van der Waals surface area contributed by atoms with E-state index in [9.17, 15) is 4.39 Å². The summed E-state index contributed by atoms with van der Waals surface area (Å²) < 4.78 is 14.3. The summed E-state index contributed by atoms with van der Waals surface area (Å²) in [6.07, 6.45) is 2.26. The quantitative estimate of drug-likeness (QED) is 0.807. The first kappa shape index (κ1) is 11.6. The Morgan fingerprint density at radius 1 is 1.19 bits per heavy atom. The van der Waals surface area contributed by atoms with Crippen molar-refractivity contribution in [2.45, 2.75) is 32.4 Å². The summed E-state index contributed by atoms with van der Waals surface area (Å²) in [5.41, 5.74) is 2.04. The van der Waals surface area contributed by atoms with Gasteiger partial charge in [-0.15, -0.1) is 0 Å². The number of halogens is 1. The molecule has 1 nitrogen and oxygen atoms in total. The number of hydrogen-bond donors (Lipinski definition) is 1. The topological polar surface area (TPSA) is 12.0 Å². The van der Waals surface area contributed by atoms with Crippen LogP contribution in [-0.4, -0.2) is 13.1 Å².